The number of nitriles is 1. The van der Waals surface area contributed by atoms with Gasteiger partial charge in [0.2, 0.25) is 0 Å². The summed E-state index contributed by atoms with van der Waals surface area (Å²) in [5.74, 6) is -2.11. The van der Waals surface area contributed by atoms with E-state index < -0.39 is 41.7 Å². The van der Waals surface area contributed by atoms with Gasteiger partial charge in [0.1, 0.15) is 18.0 Å². The Balaban J connectivity index is 1.08. The molecule has 2 heterocycles. The average molecular weight is 553 g/mol. The van der Waals surface area contributed by atoms with E-state index in [1.54, 1.807) is 6.07 Å². The van der Waals surface area contributed by atoms with Crippen LogP contribution in [0.2, 0.25) is 0 Å². The number of amides is 3. The molecular formula is C30H31F3N4O3. The minimum Gasteiger partial charge on any atom is -0.443 e. The molecule has 2 aromatic carbocycles. The number of hydrogen-bond acceptors (Lipinski definition) is 5. The molecule has 2 aliphatic carbocycles. The van der Waals surface area contributed by atoms with Crippen molar-refractivity contribution in [2.45, 2.75) is 75.1 Å². The number of cyclic esters (lactones) is 1. The maximum atomic E-state index is 14.1. The van der Waals surface area contributed by atoms with Gasteiger partial charge < -0.3 is 10.1 Å². The lowest BCUT2D eigenvalue weighted by Crippen LogP contribution is -2.48. The Morgan fingerprint density at radius 1 is 0.975 bits per heavy atom. The minimum absolute atomic E-state index is 0.0936. The van der Waals surface area contributed by atoms with Crippen LogP contribution in [0.25, 0.3) is 0 Å². The van der Waals surface area contributed by atoms with Crippen molar-refractivity contribution in [2.75, 3.05) is 13.1 Å². The molecule has 40 heavy (non-hydrogen) atoms. The SMILES string of the molecule is N#Cc1cc(F)ccc1C1CCC(N2CCC(NC(=O)N3C(=O)O[C@@H](C4CC4)C3c3ccc(F)c(F)c3)C2)CC1. The maximum absolute atomic E-state index is 14.1. The number of hydrogen-bond donors (Lipinski definition) is 1. The first-order chi connectivity index (χ1) is 19.3. The number of halogens is 3. The molecule has 6 rings (SSSR count). The molecule has 210 valence electrons. The number of rotatable bonds is 5. The lowest BCUT2D eigenvalue weighted by atomic mass is 9.80. The molecular weight excluding hydrogens is 521 g/mol. The van der Waals surface area contributed by atoms with Crippen molar-refractivity contribution in [3.05, 3.63) is 70.5 Å². The zero-order valence-electron chi connectivity index (χ0n) is 22.0. The molecule has 2 aromatic rings. The van der Waals surface area contributed by atoms with Gasteiger partial charge in [-0.3, -0.25) is 4.90 Å². The smallest absolute Gasteiger partial charge is 0.419 e. The predicted octanol–water partition coefficient (Wildman–Crippen LogP) is 5.76. The van der Waals surface area contributed by atoms with Crippen LogP contribution < -0.4 is 5.32 Å². The van der Waals surface area contributed by atoms with Crippen molar-refractivity contribution in [3.63, 3.8) is 0 Å². The zero-order chi connectivity index (χ0) is 28.0. The fourth-order valence-electron chi connectivity index (χ4n) is 6.74. The molecule has 2 aliphatic heterocycles. The van der Waals surface area contributed by atoms with E-state index in [1.165, 1.54) is 18.2 Å². The molecule has 10 heteroatoms. The number of benzene rings is 2. The van der Waals surface area contributed by atoms with Crippen molar-refractivity contribution in [1.82, 2.24) is 15.1 Å². The summed E-state index contributed by atoms with van der Waals surface area (Å²) < 4.78 is 46.8. The van der Waals surface area contributed by atoms with Crippen LogP contribution in [-0.4, -0.2) is 53.2 Å². The van der Waals surface area contributed by atoms with Crippen molar-refractivity contribution in [1.29, 1.82) is 5.26 Å². The second-order valence-electron chi connectivity index (χ2n) is 11.5. The van der Waals surface area contributed by atoms with Gasteiger partial charge in [0, 0.05) is 25.2 Å². The zero-order valence-corrected chi connectivity index (χ0v) is 22.0. The van der Waals surface area contributed by atoms with Crippen molar-refractivity contribution in [2.24, 2.45) is 5.92 Å². The summed E-state index contributed by atoms with van der Waals surface area (Å²) in [6.45, 7) is 1.45. The van der Waals surface area contributed by atoms with Crippen LogP contribution in [0.1, 0.15) is 73.6 Å². The van der Waals surface area contributed by atoms with E-state index in [0.29, 0.717) is 23.7 Å². The molecule has 0 aromatic heterocycles. The van der Waals surface area contributed by atoms with Gasteiger partial charge in [-0.25, -0.2) is 27.7 Å². The van der Waals surface area contributed by atoms with Crippen LogP contribution in [-0.2, 0) is 4.74 Å². The number of imide groups is 1. The third kappa shape index (κ3) is 5.15. The van der Waals surface area contributed by atoms with E-state index in [-0.39, 0.29) is 17.9 Å². The Hall–Kier alpha value is -3.58. The molecule has 0 bridgehead atoms. The molecule has 0 spiro atoms. The van der Waals surface area contributed by atoms with Crippen molar-refractivity contribution in [3.8, 4) is 6.07 Å². The number of ether oxygens (including phenoxy) is 1. The quantitative estimate of drug-likeness (QED) is 0.510. The highest BCUT2D eigenvalue weighted by Crippen LogP contribution is 2.46. The third-order valence-electron chi connectivity index (χ3n) is 8.95. The first-order valence-electron chi connectivity index (χ1n) is 14.0. The largest absolute Gasteiger partial charge is 0.443 e. The molecule has 4 aliphatic rings. The predicted molar refractivity (Wildman–Crippen MR) is 139 cm³/mol. The van der Waals surface area contributed by atoms with Gasteiger partial charge in [0.05, 0.1) is 11.6 Å². The number of urea groups is 1. The summed E-state index contributed by atoms with van der Waals surface area (Å²) >= 11 is 0. The van der Waals surface area contributed by atoms with Crippen LogP contribution in [0, 0.1) is 34.7 Å². The molecule has 3 atom stereocenters. The van der Waals surface area contributed by atoms with Gasteiger partial charge in [-0.1, -0.05) is 12.1 Å². The highest BCUT2D eigenvalue weighted by Gasteiger charge is 2.52. The lowest BCUT2D eigenvalue weighted by Gasteiger charge is -2.35. The summed E-state index contributed by atoms with van der Waals surface area (Å²) in [5, 5.41) is 12.4. The molecule has 1 N–H and O–H groups in total. The monoisotopic (exact) mass is 552 g/mol. The molecule has 2 saturated heterocycles. The van der Waals surface area contributed by atoms with Crippen LogP contribution in [0.5, 0.6) is 0 Å². The second kappa shape index (κ2) is 10.8. The number of carbonyl (C=O) groups is 2. The van der Waals surface area contributed by atoms with Gasteiger partial charge in [-0.2, -0.15) is 5.26 Å². The maximum Gasteiger partial charge on any atom is 0.419 e. The molecule has 7 nitrogen and oxygen atoms in total. The Morgan fingerprint density at radius 2 is 1.75 bits per heavy atom. The first kappa shape index (κ1) is 26.6. The van der Waals surface area contributed by atoms with E-state index in [9.17, 15) is 28.0 Å². The molecule has 2 unspecified atom stereocenters. The van der Waals surface area contributed by atoms with Gasteiger partial charge in [0.15, 0.2) is 11.6 Å². The normalized spacial score (nSPS) is 28.8. The molecule has 4 fully saturated rings. The van der Waals surface area contributed by atoms with Crippen LogP contribution >= 0.6 is 0 Å². The molecule has 0 radical (unpaired) electrons. The second-order valence-corrected chi connectivity index (χ2v) is 11.5. The minimum atomic E-state index is -1.03. The van der Waals surface area contributed by atoms with Crippen LogP contribution in [0.15, 0.2) is 36.4 Å². The van der Waals surface area contributed by atoms with Gasteiger partial charge >= 0.3 is 12.1 Å². The van der Waals surface area contributed by atoms with Crippen molar-refractivity contribution < 1.29 is 27.5 Å². The van der Waals surface area contributed by atoms with Crippen LogP contribution in [0.4, 0.5) is 22.8 Å². The highest BCUT2D eigenvalue weighted by atomic mass is 19.2. The van der Waals surface area contributed by atoms with Gasteiger partial charge in [0.25, 0.3) is 0 Å². The van der Waals surface area contributed by atoms with E-state index in [0.717, 1.165) is 74.1 Å². The summed E-state index contributed by atoms with van der Waals surface area (Å²) in [6.07, 6.45) is 4.76. The fourth-order valence-corrected chi connectivity index (χ4v) is 6.74. The molecule has 2 saturated carbocycles. The number of carbonyl (C=O) groups excluding carboxylic acids is 2. The van der Waals surface area contributed by atoms with Crippen LogP contribution in [0.3, 0.4) is 0 Å². The Morgan fingerprint density at radius 3 is 2.45 bits per heavy atom. The lowest BCUT2D eigenvalue weighted by molar-refractivity contribution is 0.118. The summed E-state index contributed by atoms with van der Waals surface area (Å²) in [6, 6.07) is 8.79. The van der Waals surface area contributed by atoms with Crippen molar-refractivity contribution >= 4 is 12.1 Å². The summed E-state index contributed by atoms with van der Waals surface area (Å²) in [5.41, 5.74) is 1.65. The number of nitrogens with zero attached hydrogens (tertiary/aromatic N) is 3. The van der Waals surface area contributed by atoms with E-state index >= 15 is 0 Å². The third-order valence-corrected chi connectivity index (χ3v) is 8.95. The highest BCUT2D eigenvalue weighted by molar-refractivity contribution is 5.93. The Bertz CT molecular complexity index is 1350. The van der Waals surface area contributed by atoms with Gasteiger partial charge in [-0.15, -0.1) is 0 Å². The number of likely N-dealkylation sites (tertiary alicyclic amines) is 1. The summed E-state index contributed by atoms with van der Waals surface area (Å²) in [4.78, 5) is 29.6. The standard InChI is InChI=1S/C30H31F3N4O3/c31-21-6-9-24(20(13-21)15-34)17-3-7-23(8-4-17)36-12-11-22(16-36)35-29(38)37-27(19-5-10-25(32)26(33)14-19)28(18-1-2-18)40-30(37)39/h5-6,9-10,13-14,17-18,22-23,27-28H,1-4,7-8,11-12,16H2,(H,35,38)/t17?,22?,23?,27?,28-/m0/s1. The van der Waals surface area contributed by atoms with Gasteiger partial charge in [-0.05, 0) is 92.2 Å². The topological polar surface area (TPSA) is 85.7 Å². The van der Waals surface area contributed by atoms with E-state index in [1.807, 2.05) is 0 Å². The van der Waals surface area contributed by atoms with E-state index in [2.05, 4.69) is 16.3 Å². The number of nitrogens with one attached hydrogen (secondary N) is 1. The van der Waals surface area contributed by atoms with E-state index in [4.69, 9.17) is 4.74 Å². The Labute approximate surface area is 230 Å². The average Bonchev–Trinajstić information content (AvgIpc) is 3.59. The summed E-state index contributed by atoms with van der Waals surface area (Å²) in [7, 11) is 0. The first-order valence-corrected chi connectivity index (χ1v) is 14.0. The Kier molecular flexibility index (Phi) is 7.17. The fraction of sp³-hybridized carbons (Fsp3) is 0.500. The molecule has 3 amide bonds.